The van der Waals surface area contributed by atoms with Crippen molar-refractivity contribution in [3.63, 3.8) is 0 Å². The van der Waals surface area contributed by atoms with Gasteiger partial charge >= 0.3 is 16.1 Å². The topological polar surface area (TPSA) is 84.9 Å². The standard InChI is InChI=1S/C18H20Cl2N2O5S/c1-26-10-9-22(18(23)21-16-8-4-7-15(19)17(16)20)12-13-5-3-6-14(11-13)27-28(2,24)25/h3-8,11H,9-10,12H2,1-2H3,(H,21,23). The molecule has 2 rings (SSSR count). The molecule has 0 aliphatic heterocycles. The van der Waals surface area contributed by atoms with Gasteiger partial charge in [0.05, 0.1) is 28.6 Å². The molecule has 0 fully saturated rings. The zero-order valence-corrected chi connectivity index (χ0v) is 17.6. The van der Waals surface area contributed by atoms with E-state index in [0.29, 0.717) is 29.4 Å². The number of hydrogen-bond acceptors (Lipinski definition) is 5. The van der Waals surface area contributed by atoms with Crippen molar-refractivity contribution in [3.05, 3.63) is 58.1 Å². The first-order valence-corrected chi connectivity index (χ1v) is 10.7. The summed E-state index contributed by atoms with van der Waals surface area (Å²) in [5.41, 5.74) is 1.07. The molecule has 2 amide bonds. The van der Waals surface area contributed by atoms with Gasteiger partial charge in [-0.2, -0.15) is 8.42 Å². The van der Waals surface area contributed by atoms with Crippen LogP contribution in [0.3, 0.4) is 0 Å². The van der Waals surface area contributed by atoms with Crippen molar-refractivity contribution in [1.82, 2.24) is 4.90 Å². The second kappa shape index (κ2) is 9.97. The molecule has 7 nitrogen and oxygen atoms in total. The molecule has 0 radical (unpaired) electrons. The van der Waals surface area contributed by atoms with Gasteiger partial charge in [0.1, 0.15) is 5.75 Å². The number of methoxy groups -OCH3 is 1. The monoisotopic (exact) mass is 446 g/mol. The number of carbonyl (C=O) groups is 1. The summed E-state index contributed by atoms with van der Waals surface area (Å²) in [6.07, 6.45) is 0.965. The highest BCUT2D eigenvalue weighted by atomic mass is 35.5. The fourth-order valence-corrected chi connectivity index (χ4v) is 3.14. The minimum absolute atomic E-state index is 0.171. The number of carbonyl (C=O) groups excluding carboxylic acids is 1. The Morgan fingerprint density at radius 3 is 2.57 bits per heavy atom. The molecule has 10 heteroatoms. The van der Waals surface area contributed by atoms with E-state index in [1.165, 1.54) is 18.1 Å². The number of anilines is 1. The molecule has 28 heavy (non-hydrogen) atoms. The average molecular weight is 447 g/mol. The van der Waals surface area contributed by atoms with E-state index in [2.05, 4.69) is 5.32 Å². The SMILES string of the molecule is COCCN(Cc1cccc(OS(C)(=O)=O)c1)C(=O)Nc1cccc(Cl)c1Cl. The predicted octanol–water partition coefficient (Wildman–Crippen LogP) is 4.01. The van der Waals surface area contributed by atoms with Gasteiger partial charge in [-0.1, -0.05) is 41.4 Å². The minimum atomic E-state index is -3.64. The molecule has 0 aliphatic carbocycles. The summed E-state index contributed by atoms with van der Waals surface area (Å²) >= 11 is 12.1. The van der Waals surface area contributed by atoms with Crippen LogP contribution in [0.15, 0.2) is 42.5 Å². The lowest BCUT2D eigenvalue weighted by Crippen LogP contribution is -2.36. The van der Waals surface area contributed by atoms with Crippen molar-refractivity contribution in [2.24, 2.45) is 0 Å². The van der Waals surface area contributed by atoms with Crippen molar-refractivity contribution < 1.29 is 22.1 Å². The van der Waals surface area contributed by atoms with E-state index in [1.807, 2.05) is 0 Å². The Morgan fingerprint density at radius 1 is 1.18 bits per heavy atom. The zero-order chi connectivity index (χ0) is 20.7. The summed E-state index contributed by atoms with van der Waals surface area (Å²) in [4.78, 5) is 14.2. The van der Waals surface area contributed by atoms with Crippen LogP contribution in [0.1, 0.15) is 5.56 Å². The molecule has 0 spiro atoms. The number of rotatable bonds is 8. The van der Waals surface area contributed by atoms with Crippen LogP contribution >= 0.6 is 23.2 Å². The Kier molecular flexibility index (Phi) is 7.94. The summed E-state index contributed by atoms with van der Waals surface area (Å²) in [6, 6.07) is 11.0. The van der Waals surface area contributed by atoms with Crippen LogP contribution in [0.5, 0.6) is 5.75 Å². The van der Waals surface area contributed by atoms with Gasteiger partial charge in [-0.3, -0.25) is 0 Å². The van der Waals surface area contributed by atoms with E-state index < -0.39 is 16.1 Å². The fraction of sp³-hybridized carbons (Fsp3) is 0.278. The number of benzene rings is 2. The molecule has 1 N–H and O–H groups in total. The van der Waals surface area contributed by atoms with Crippen molar-refractivity contribution in [2.45, 2.75) is 6.54 Å². The van der Waals surface area contributed by atoms with Crippen molar-refractivity contribution >= 4 is 45.0 Å². The molecule has 0 aliphatic rings. The molecule has 0 saturated heterocycles. The Balaban J connectivity index is 2.18. The molecule has 0 bridgehead atoms. The number of nitrogens with one attached hydrogen (secondary N) is 1. The lowest BCUT2D eigenvalue weighted by molar-refractivity contribution is 0.153. The average Bonchev–Trinajstić information content (AvgIpc) is 2.61. The predicted molar refractivity (Wildman–Crippen MR) is 110 cm³/mol. The van der Waals surface area contributed by atoms with Gasteiger partial charge in [0.25, 0.3) is 0 Å². The van der Waals surface area contributed by atoms with Crippen molar-refractivity contribution in [1.29, 1.82) is 0 Å². The Bertz CT molecular complexity index is 937. The molecule has 2 aromatic rings. The summed E-state index contributed by atoms with van der Waals surface area (Å²) in [6.45, 7) is 0.822. The van der Waals surface area contributed by atoms with Gasteiger partial charge in [-0.15, -0.1) is 0 Å². The summed E-state index contributed by atoms with van der Waals surface area (Å²) in [5, 5.41) is 3.29. The third-order valence-electron chi connectivity index (χ3n) is 3.57. The Labute approximate surface area is 174 Å². The van der Waals surface area contributed by atoms with Crippen molar-refractivity contribution in [3.8, 4) is 5.75 Å². The molecule has 0 saturated carbocycles. The van der Waals surface area contributed by atoms with E-state index in [0.717, 1.165) is 6.26 Å². The minimum Gasteiger partial charge on any atom is -0.383 e. The zero-order valence-electron chi connectivity index (χ0n) is 15.3. The first-order chi connectivity index (χ1) is 13.2. The van der Waals surface area contributed by atoms with Crippen LogP contribution in [0, 0.1) is 0 Å². The second-order valence-corrected chi connectivity index (χ2v) is 8.24. The van der Waals surface area contributed by atoms with Gasteiger partial charge in [0.2, 0.25) is 0 Å². The summed E-state index contributed by atoms with van der Waals surface area (Å²) in [7, 11) is -2.11. The molecule has 0 heterocycles. The maximum absolute atomic E-state index is 12.7. The number of urea groups is 1. The third-order valence-corrected chi connectivity index (χ3v) is 4.88. The lowest BCUT2D eigenvalue weighted by Gasteiger charge is -2.23. The number of hydrogen-bond donors (Lipinski definition) is 1. The highest BCUT2D eigenvalue weighted by molar-refractivity contribution is 7.86. The number of nitrogens with zero attached hydrogens (tertiary/aromatic N) is 1. The van der Waals surface area contributed by atoms with E-state index in [9.17, 15) is 13.2 Å². The van der Waals surface area contributed by atoms with Crippen LogP contribution in [-0.4, -0.2) is 45.9 Å². The lowest BCUT2D eigenvalue weighted by atomic mass is 10.2. The molecular weight excluding hydrogens is 427 g/mol. The second-order valence-electron chi connectivity index (χ2n) is 5.88. The maximum Gasteiger partial charge on any atom is 0.322 e. The van der Waals surface area contributed by atoms with Crippen LogP contribution in [0.2, 0.25) is 10.0 Å². The van der Waals surface area contributed by atoms with Gasteiger partial charge < -0.3 is 19.1 Å². The normalized spacial score (nSPS) is 11.1. The molecule has 2 aromatic carbocycles. The van der Waals surface area contributed by atoms with Gasteiger partial charge in [-0.25, -0.2) is 4.79 Å². The quantitative estimate of drug-likeness (QED) is 0.619. The molecular formula is C18H20Cl2N2O5S. The van der Waals surface area contributed by atoms with Gasteiger partial charge in [0.15, 0.2) is 0 Å². The molecule has 152 valence electrons. The van der Waals surface area contributed by atoms with Crippen molar-refractivity contribution in [2.75, 3.05) is 31.8 Å². The van der Waals surface area contributed by atoms with Gasteiger partial charge in [0, 0.05) is 20.2 Å². The number of ether oxygens (including phenoxy) is 1. The van der Waals surface area contributed by atoms with E-state index in [1.54, 1.807) is 36.4 Å². The molecule has 0 aromatic heterocycles. The highest BCUT2D eigenvalue weighted by Crippen LogP contribution is 2.29. The number of halogens is 2. The first-order valence-electron chi connectivity index (χ1n) is 8.17. The smallest absolute Gasteiger partial charge is 0.322 e. The van der Waals surface area contributed by atoms with Crippen LogP contribution in [0.25, 0.3) is 0 Å². The maximum atomic E-state index is 12.7. The molecule has 0 unspecified atom stereocenters. The van der Waals surface area contributed by atoms with Crippen LogP contribution in [-0.2, 0) is 21.4 Å². The van der Waals surface area contributed by atoms with E-state index in [4.69, 9.17) is 32.1 Å². The Hall–Kier alpha value is -2.00. The summed E-state index contributed by atoms with van der Waals surface area (Å²) < 4.78 is 32.6. The third kappa shape index (κ3) is 6.87. The highest BCUT2D eigenvalue weighted by Gasteiger charge is 2.17. The number of amides is 2. The summed E-state index contributed by atoms with van der Waals surface area (Å²) in [5.74, 6) is 0.171. The fourth-order valence-electron chi connectivity index (χ4n) is 2.34. The van der Waals surface area contributed by atoms with E-state index >= 15 is 0 Å². The van der Waals surface area contributed by atoms with E-state index in [-0.39, 0.29) is 17.3 Å². The van der Waals surface area contributed by atoms with Crippen LogP contribution < -0.4 is 9.50 Å². The van der Waals surface area contributed by atoms with Crippen LogP contribution in [0.4, 0.5) is 10.5 Å². The molecule has 0 atom stereocenters. The first kappa shape index (κ1) is 22.3. The Morgan fingerprint density at radius 2 is 1.89 bits per heavy atom. The largest absolute Gasteiger partial charge is 0.383 e. The van der Waals surface area contributed by atoms with Gasteiger partial charge in [-0.05, 0) is 29.8 Å².